The summed E-state index contributed by atoms with van der Waals surface area (Å²) < 4.78 is 2.13. The van der Waals surface area contributed by atoms with Gasteiger partial charge in [0.25, 0.3) is 5.56 Å². The highest BCUT2D eigenvalue weighted by Crippen LogP contribution is 2.61. The maximum atomic E-state index is 12.5. The number of aromatic hydroxyl groups is 1. The second kappa shape index (κ2) is 5.83. The smallest absolute Gasteiger partial charge is 0.333 e. The summed E-state index contributed by atoms with van der Waals surface area (Å²) in [5.41, 5.74) is -0.0896. The number of aliphatic imine (C=N–C) groups is 1. The lowest BCUT2D eigenvalue weighted by Crippen LogP contribution is -2.50. The van der Waals surface area contributed by atoms with Crippen molar-refractivity contribution in [3.63, 3.8) is 0 Å². The number of nitrogens with zero attached hydrogens (tertiary/aromatic N) is 3. The highest BCUT2D eigenvalue weighted by molar-refractivity contribution is 6.00. The molecule has 1 unspecified atom stereocenters. The Morgan fingerprint density at radius 3 is 2.08 bits per heavy atom. The molecule has 1 aromatic rings. The highest BCUT2D eigenvalue weighted by Gasteiger charge is 2.53. The van der Waals surface area contributed by atoms with Crippen LogP contribution in [-0.2, 0) is 14.1 Å². The van der Waals surface area contributed by atoms with Crippen molar-refractivity contribution >= 4 is 5.71 Å². The fourth-order valence-corrected chi connectivity index (χ4v) is 6.33. The van der Waals surface area contributed by atoms with E-state index in [0.29, 0.717) is 5.71 Å². The van der Waals surface area contributed by atoms with E-state index >= 15 is 0 Å². The van der Waals surface area contributed by atoms with Crippen molar-refractivity contribution in [3.8, 4) is 5.88 Å². The molecule has 142 valence electrons. The fraction of sp³-hybridized carbons (Fsp3) is 0.750. The molecule has 0 radical (unpaired) electrons. The molecule has 6 heteroatoms. The van der Waals surface area contributed by atoms with Crippen LogP contribution in [0.25, 0.3) is 0 Å². The molecule has 0 amide bonds. The molecule has 1 aromatic heterocycles. The first-order valence-electron chi connectivity index (χ1n) is 9.75. The predicted molar refractivity (Wildman–Crippen MR) is 101 cm³/mol. The molecule has 4 fully saturated rings. The molecule has 0 aliphatic heterocycles. The summed E-state index contributed by atoms with van der Waals surface area (Å²) in [6.07, 6.45) is 7.89. The molecule has 4 aliphatic carbocycles. The highest BCUT2D eigenvalue weighted by atomic mass is 16.3. The van der Waals surface area contributed by atoms with E-state index in [-0.39, 0.29) is 22.9 Å². The normalized spacial score (nSPS) is 34.3. The first kappa shape index (κ1) is 17.6. The average molecular weight is 359 g/mol. The molecular weight excluding hydrogens is 330 g/mol. The largest absolute Gasteiger partial charge is 0.494 e. The van der Waals surface area contributed by atoms with E-state index in [4.69, 9.17) is 4.99 Å². The SMILES string of the molecule is CC(=NC(C)C12CC3CC(CC(C3)C1)C2)c1c(O)n(C)c(=O)n(C)c1=O. The Kier molecular flexibility index (Phi) is 3.93. The van der Waals surface area contributed by atoms with Crippen molar-refractivity contribution in [2.45, 2.75) is 58.4 Å². The molecule has 26 heavy (non-hydrogen) atoms. The van der Waals surface area contributed by atoms with E-state index in [1.54, 1.807) is 6.92 Å². The van der Waals surface area contributed by atoms with Gasteiger partial charge in [0.15, 0.2) is 0 Å². The standard InChI is InChI=1S/C20H29N3O3/c1-11(16-17(24)22(3)19(26)23(4)18(16)25)21-12(2)20-8-13-5-14(9-20)7-15(6-13)10-20/h12-15,24H,5-10H2,1-4H3. The van der Waals surface area contributed by atoms with Crippen LogP contribution in [0.2, 0.25) is 0 Å². The zero-order valence-corrected chi connectivity index (χ0v) is 16.2. The van der Waals surface area contributed by atoms with Crippen molar-refractivity contribution in [2.75, 3.05) is 0 Å². The quantitative estimate of drug-likeness (QED) is 0.841. The van der Waals surface area contributed by atoms with Crippen LogP contribution in [0, 0.1) is 23.2 Å². The van der Waals surface area contributed by atoms with Gasteiger partial charge in [0.2, 0.25) is 5.88 Å². The average Bonchev–Trinajstić information content (AvgIpc) is 2.57. The third-order valence-corrected chi connectivity index (χ3v) is 7.35. The Morgan fingerprint density at radius 1 is 1.08 bits per heavy atom. The van der Waals surface area contributed by atoms with Crippen LogP contribution >= 0.6 is 0 Å². The summed E-state index contributed by atoms with van der Waals surface area (Å²) in [7, 11) is 2.90. The number of hydrogen-bond donors (Lipinski definition) is 1. The third-order valence-electron chi connectivity index (χ3n) is 7.35. The summed E-state index contributed by atoms with van der Waals surface area (Å²) in [6, 6.07) is 0.122. The summed E-state index contributed by atoms with van der Waals surface area (Å²) in [4.78, 5) is 29.4. The van der Waals surface area contributed by atoms with E-state index in [2.05, 4.69) is 6.92 Å². The third kappa shape index (κ3) is 2.48. The minimum atomic E-state index is -0.529. The van der Waals surface area contributed by atoms with Gasteiger partial charge in [-0.05, 0) is 75.5 Å². The summed E-state index contributed by atoms with van der Waals surface area (Å²) in [5, 5.41) is 10.4. The first-order valence-corrected chi connectivity index (χ1v) is 9.75. The van der Waals surface area contributed by atoms with E-state index in [9.17, 15) is 14.7 Å². The Hall–Kier alpha value is -1.85. The van der Waals surface area contributed by atoms with Gasteiger partial charge in [-0.25, -0.2) is 4.79 Å². The van der Waals surface area contributed by atoms with Crippen LogP contribution in [-0.4, -0.2) is 26.0 Å². The number of aromatic nitrogens is 2. The van der Waals surface area contributed by atoms with Crippen LogP contribution in [0.15, 0.2) is 14.6 Å². The van der Waals surface area contributed by atoms with Crippen molar-refractivity contribution in [1.82, 2.24) is 9.13 Å². The molecule has 1 N–H and O–H groups in total. The van der Waals surface area contributed by atoms with Gasteiger partial charge in [-0.2, -0.15) is 0 Å². The fourth-order valence-electron chi connectivity index (χ4n) is 6.33. The maximum absolute atomic E-state index is 12.5. The van der Waals surface area contributed by atoms with Gasteiger partial charge in [0, 0.05) is 14.1 Å². The monoisotopic (exact) mass is 359 g/mol. The Labute approximate surface area is 153 Å². The Morgan fingerprint density at radius 2 is 1.58 bits per heavy atom. The molecule has 6 nitrogen and oxygen atoms in total. The van der Waals surface area contributed by atoms with Crippen LogP contribution in [0.4, 0.5) is 0 Å². The maximum Gasteiger partial charge on any atom is 0.333 e. The minimum Gasteiger partial charge on any atom is -0.494 e. The molecule has 0 aromatic carbocycles. The van der Waals surface area contributed by atoms with Gasteiger partial charge in [-0.15, -0.1) is 0 Å². The molecule has 4 saturated carbocycles. The Balaban J connectivity index is 1.71. The molecule has 4 aliphatic rings. The van der Waals surface area contributed by atoms with Gasteiger partial charge in [-0.1, -0.05) is 0 Å². The van der Waals surface area contributed by atoms with Gasteiger partial charge < -0.3 is 5.11 Å². The molecule has 1 atom stereocenters. The van der Waals surface area contributed by atoms with E-state index < -0.39 is 11.2 Å². The summed E-state index contributed by atoms with van der Waals surface area (Å²) >= 11 is 0. The molecule has 4 bridgehead atoms. The zero-order chi connectivity index (χ0) is 18.8. The van der Waals surface area contributed by atoms with E-state index in [1.807, 2.05) is 0 Å². The van der Waals surface area contributed by atoms with Crippen LogP contribution in [0.5, 0.6) is 5.88 Å². The summed E-state index contributed by atoms with van der Waals surface area (Å²) in [6.45, 7) is 3.94. The second-order valence-corrected chi connectivity index (χ2v) is 9.07. The molecule has 1 heterocycles. The minimum absolute atomic E-state index is 0.122. The predicted octanol–water partition coefficient (Wildman–Crippen LogP) is 2.20. The van der Waals surface area contributed by atoms with Gasteiger partial charge in [0.1, 0.15) is 5.56 Å². The van der Waals surface area contributed by atoms with Gasteiger partial charge in [0.05, 0.1) is 11.8 Å². The van der Waals surface area contributed by atoms with Crippen molar-refractivity contribution in [3.05, 3.63) is 26.4 Å². The lowest BCUT2D eigenvalue weighted by atomic mass is 9.48. The topological polar surface area (TPSA) is 76.6 Å². The second-order valence-electron chi connectivity index (χ2n) is 9.07. The number of hydrogen-bond acceptors (Lipinski definition) is 4. The molecule has 0 saturated heterocycles. The van der Waals surface area contributed by atoms with Crippen LogP contribution in [0.1, 0.15) is 57.9 Å². The van der Waals surface area contributed by atoms with Crippen molar-refractivity contribution < 1.29 is 5.11 Å². The number of rotatable bonds is 3. The Bertz CT molecular complexity index is 858. The molecular formula is C20H29N3O3. The lowest BCUT2D eigenvalue weighted by Gasteiger charge is -2.58. The molecule has 0 spiro atoms. The van der Waals surface area contributed by atoms with Crippen molar-refractivity contribution in [2.24, 2.45) is 42.3 Å². The van der Waals surface area contributed by atoms with Crippen molar-refractivity contribution in [1.29, 1.82) is 0 Å². The van der Waals surface area contributed by atoms with Gasteiger partial charge in [-0.3, -0.25) is 18.9 Å². The lowest BCUT2D eigenvalue weighted by molar-refractivity contribution is -0.0633. The van der Waals surface area contributed by atoms with Crippen LogP contribution < -0.4 is 11.2 Å². The molecule has 5 rings (SSSR count). The van der Waals surface area contributed by atoms with Gasteiger partial charge >= 0.3 is 5.69 Å². The van der Waals surface area contributed by atoms with Crippen LogP contribution in [0.3, 0.4) is 0 Å². The van der Waals surface area contributed by atoms with E-state index in [0.717, 1.165) is 26.9 Å². The zero-order valence-electron chi connectivity index (χ0n) is 16.2. The summed E-state index contributed by atoms with van der Waals surface area (Å²) in [5.74, 6) is 2.24. The first-order chi connectivity index (χ1) is 12.2. The van der Waals surface area contributed by atoms with E-state index in [1.165, 1.54) is 52.6 Å².